The summed E-state index contributed by atoms with van der Waals surface area (Å²) in [7, 11) is 1.72. The third-order valence-corrected chi connectivity index (χ3v) is 3.17. The summed E-state index contributed by atoms with van der Waals surface area (Å²) in [5, 5.41) is 9.45. The van der Waals surface area contributed by atoms with Crippen molar-refractivity contribution in [3.05, 3.63) is 16.1 Å². The third kappa shape index (κ3) is 4.95. The zero-order valence-electron chi connectivity index (χ0n) is 9.97. The molecule has 0 aliphatic rings. The molecule has 6 heteroatoms. The molecule has 0 aromatic carbocycles. The van der Waals surface area contributed by atoms with Gasteiger partial charge in [-0.3, -0.25) is 9.59 Å². The molecule has 0 fully saturated rings. The number of carboxylic acids is 1. The Morgan fingerprint density at radius 3 is 2.71 bits per heavy atom. The second-order valence-corrected chi connectivity index (χ2v) is 5.16. The largest absolute Gasteiger partial charge is 0.481 e. The van der Waals surface area contributed by atoms with Gasteiger partial charge in [0.2, 0.25) is 5.91 Å². The Labute approximate surface area is 104 Å². The monoisotopic (exact) mass is 256 g/mol. The number of nitrogens with zero attached hydrogens (tertiary/aromatic N) is 2. The molecule has 0 saturated carbocycles. The van der Waals surface area contributed by atoms with E-state index in [2.05, 4.69) is 4.98 Å². The van der Waals surface area contributed by atoms with Crippen molar-refractivity contribution >= 4 is 23.2 Å². The van der Waals surface area contributed by atoms with Gasteiger partial charge in [0, 0.05) is 31.0 Å². The summed E-state index contributed by atoms with van der Waals surface area (Å²) in [6.07, 6.45) is 2.47. The van der Waals surface area contributed by atoms with Gasteiger partial charge in [0.1, 0.15) is 0 Å². The van der Waals surface area contributed by atoms with Gasteiger partial charge in [-0.25, -0.2) is 4.98 Å². The molecule has 5 nitrogen and oxygen atoms in total. The van der Waals surface area contributed by atoms with Gasteiger partial charge < -0.3 is 10.0 Å². The zero-order valence-corrected chi connectivity index (χ0v) is 10.8. The Kier molecular flexibility index (Phi) is 5.09. The van der Waals surface area contributed by atoms with Gasteiger partial charge in [-0.05, 0) is 13.3 Å². The van der Waals surface area contributed by atoms with Crippen molar-refractivity contribution in [2.24, 2.45) is 0 Å². The SMILES string of the molecule is Cc1ncc(CN(C)C(=O)CCCC(=O)O)s1. The highest BCUT2D eigenvalue weighted by molar-refractivity contribution is 7.11. The number of hydrogen-bond donors (Lipinski definition) is 1. The standard InChI is InChI=1S/C11H16N2O3S/c1-8-12-6-9(17-8)7-13(2)10(14)4-3-5-11(15)16/h6H,3-5,7H2,1-2H3,(H,15,16). The number of rotatable bonds is 6. The molecule has 0 saturated heterocycles. The molecule has 1 rings (SSSR count). The van der Waals surface area contributed by atoms with Crippen LogP contribution in [0.3, 0.4) is 0 Å². The highest BCUT2D eigenvalue weighted by atomic mass is 32.1. The molecule has 1 N–H and O–H groups in total. The van der Waals surface area contributed by atoms with E-state index in [4.69, 9.17) is 5.11 Å². The van der Waals surface area contributed by atoms with E-state index < -0.39 is 5.97 Å². The Morgan fingerprint density at radius 2 is 2.18 bits per heavy atom. The lowest BCUT2D eigenvalue weighted by Gasteiger charge is -2.15. The summed E-state index contributed by atoms with van der Waals surface area (Å²) in [6, 6.07) is 0. The van der Waals surface area contributed by atoms with Crippen LogP contribution < -0.4 is 0 Å². The summed E-state index contributed by atoms with van der Waals surface area (Å²) < 4.78 is 0. The minimum atomic E-state index is -0.862. The van der Waals surface area contributed by atoms with Crippen LogP contribution in [0.25, 0.3) is 0 Å². The first-order valence-electron chi connectivity index (χ1n) is 5.36. The van der Waals surface area contributed by atoms with Gasteiger partial charge in [-0.1, -0.05) is 0 Å². The molecule has 1 aromatic heterocycles. The number of amides is 1. The molecule has 17 heavy (non-hydrogen) atoms. The van der Waals surface area contributed by atoms with Crippen LogP contribution in [-0.2, 0) is 16.1 Å². The topological polar surface area (TPSA) is 70.5 Å². The van der Waals surface area contributed by atoms with E-state index in [0.717, 1.165) is 9.88 Å². The maximum Gasteiger partial charge on any atom is 0.303 e. The van der Waals surface area contributed by atoms with Crippen LogP contribution in [-0.4, -0.2) is 33.9 Å². The predicted molar refractivity (Wildman–Crippen MR) is 64.8 cm³/mol. The van der Waals surface area contributed by atoms with Crippen molar-refractivity contribution in [1.29, 1.82) is 0 Å². The quantitative estimate of drug-likeness (QED) is 0.840. The molecule has 0 bridgehead atoms. The van der Waals surface area contributed by atoms with Crippen LogP contribution in [0.4, 0.5) is 0 Å². The van der Waals surface area contributed by atoms with E-state index in [1.807, 2.05) is 6.92 Å². The number of aromatic nitrogens is 1. The summed E-state index contributed by atoms with van der Waals surface area (Å²) in [6.45, 7) is 2.46. The number of carbonyl (C=O) groups excluding carboxylic acids is 1. The zero-order chi connectivity index (χ0) is 12.8. The molecule has 0 atom stereocenters. The lowest BCUT2D eigenvalue weighted by atomic mass is 10.2. The molecule has 1 aromatic rings. The molecule has 1 amide bonds. The van der Waals surface area contributed by atoms with Crippen molar-refractivity contribution in [2.45, 2.75) is 32.7 Å². The van der Waals surface area contributed by atoms with E-state index in [1.54, 1.807) is 29.5 Å². The Bertz CT molecular complexity index is 403. The number of thiazole rings is 1. The summed E-state index contributed by atoms with van der Waals surface area (Å²) in [5.41, 5.74) is 0. The maximum absolute atomic E-state index is 11.7. The number of aliphatic carboxylic acids is 1. The predicted octanol–water partition coefficient (Wildman–Crippen LogP) is 1.66. The van der Waals surface area contributed by atoms with Crippen molar-refractivity contribution in [3.8, 4) is 0 Å². The lowest BCUT2D eigenvalue weighted by Crippen LogP contribution is -2.25. The van der Waals surface area contributed by atoms with Crippen LogP contribution >= 0.6 is 11.3 Å². The number of aryl methyl sites for hydroxylation is 1. The molecule has 0 radical (unpaired) electrons. The van der Waals surface area contributed by atoms with Crippen LogP contribution in [0, 0.1) is 6.92 Å². The average Bonchev–Trinajstić information content (AvgIpc) is 2.63. The Balaban J connectivity index is 2.34. The van der Waals surface area contributed by atoms with E-state index in [0.29, 0.717) is 13.0 Å². The lowest BCUT2D eigenvalue weighted by molar-refractivity contribution is -0.137. The van der Waals surface area contributed by atoms with Gasteiger partial charge in [0.15, 0.2) is 0 Å². The summed E-state index contributed by atoms with van der Waals surface area (Å²) >= 11 is 1.56. The molecule has 0 aliphatic heterocycles. The van der Waals surface area contributed by atoms with E-state index >= 15 is 0 Å². The fourth-order valence-electron chi connectivity index (χ4n) is 1.38. The van der Waals surface area contributed by atoms with Gasteiger partial charge >= 0.3 is 5.97 Å². The van der Waals surface area contributed by atoms with Crippen LogP contribution in [0.15, 0.2) is 6.20 Å². The minimum absolute atomic E-state index is 0.0303. The third-order valence-electron chi connectivity index (χ3n) is 2.27. The van der Waals surface area contributed by atoms with Gasteiger partial charge in [-0.2, -0.15) is 0 Å². The molecular weight excluding hydrogens is 240 g/mol. The van der Waals surface area contributed by atoms with Gasteiger partial charge in [0.05, 0.1) is 11.6 Å². The van der Waals surface area contributed by atoms with Crippen LogP contribution in [0.1, 0.15) is 29.1 Å². The summed E-state index contributed by atoms with van der Waals surface area (Å²) in [4.78, 5) is 28.7. The highest BCUT2D eigenvalue weighted by Gasteiger charge is 2.11. The fraction of sp³-hybridized carbons (Fsp3) is 0.545. The maximum atomic E-state index is 11.7. The summed E-state index contributed by atoms with van der Waals surface area (Å²) in [5.74, 6) is -0.893. The molecule has 0 aliphatic carbocycles. The Hall–Kier alpha value is -1.43. The van der Waals surface area contributed by atoms with E-state index in [-0.39, 0.29) is 18.7 Å². The normalized spacial score (nSPS) is 10.2. The fourth-order valence-corrected chi connectivity index (χ4v) is 2.23. The van der Waals surface area contributed by atoms with Gasteiger partial charge in [0.25, 0.3) is 0 Å². The van der Waals surface area contributed by atoms with Crippen molar-refractivity contribution in [3.63, 3.8) is 0 Å². The second-order valence-electron chi connectivity index (χ2n) is 3.84. The molecule has 94 valence electrons. The van der Waals surface area contributed by atoms with Crippen LogP contribution in [0.2, 0.25) is 0 Å². The first kappa shape index (κ1) is 13.6. The van der Waals surface area contributed by atoms with Crippen molar-refractivity contribution < 1.29 is 14.7 Å². The highest BCUT2D eigenvalue weighted by Crippen LogP contribution is 2.14. The molecule has 0 unspecified atom stereocenters. The van der Waals surface area contributed by atoms with Gasteiger partial charge in [-0.15, -0.1) is 11.3 Å². The molecule has 1 heterocycles. The second kappa shape index (κ2) is 6.34. The van der Waals surface area contributed by atoms with E-state index in [9.17, 15) is 9.59 Å². The molecular formula is C11H16N2O3S. The number of carboxylic acid groups (broad SMARTS) is 1. The van der Waals surface area contributed by atoms with Crippen molar-refractivity contribution in [2.75, 3.05) is 7.05 Å². The van der Waals surface area contributed by atoms with Crippen LogP contribution in [0.5, 0.6) is 0 Å². The molecule has 0 spiro atoms. The number of carbonyl (C=O) groups is 2. The minimum Gasteiger partial charge on any atom is -0.481 e. The smallest absolute Gasteiger partial charge is 0.303 e. The van der Waals surface area contributed by atoms with E-state index in [1.165, 1.54) is 0 Å². The number of hydrogen-bond acceptors (Lipinski definition) is 4. The first-order valence-corrected chi connectivity index (χ1v) is 6.17. The first-order chi connectivity index (χ1) is 7.99. The average molecular weight is 256 g/mol. The Morgan fingerprint density at radius 1 is 1.47 bits per heavy atom. The van der Waals surface area contributed by atoms with Crippen molar-refractivity contribution in [1.82, 2.24) is 9.88 Å².